The first-order valence-corrected chi connectivity index (χ1v) is 4.17. The Labute approximate surface area is 81.0 Å². The van der Waals surface area contributed by atoms with E-state index in [4.69, 9.17) is 5.11 Å². The lowest BCUT2D eigenvalue weighted by Crippen LogP contribution is -2.29. The number of carbonyl (C=O) groups is 1. The highest BCUT2D eigenvalue weighted by Gasteiger charge is 2.11. The summed E-state index contributed by atoms with van der Waals surface area (Å²) < 4.78 is 1.36. The molecule has 1 heterocycles. The minimum Gasteiger partial charge on any atom is -0.480 e. The van der Waals surface area contributed by atoms with Crippen molar-refractivity contribution in [3.05, 3.63) is 28.6 Å². The van der Waals surface area contributed by atoms with E-state index in [2.05, 4.69) is 5.32 Å². The number of carboxylic acid groups (broad SMARTS) is 1. The summed E-state index contributed by atoms with van der Waals surface area (Å²) in [6.45, 7) is 1.51. The second-order valence-corrected chi connectivity index (χ2v) is 3.01. The van der Waals surface area contributed by atoms with E-state index in [0.717, 1.165) is 0 Å². The second kappa shape index (κ2) is 3.95. The molecule has 0 aromatic carbocycles. The molecule has 5 heteroatoms. The molecule has 1 atom stereocenters. The van der Waals surface area contributed by atoms with E-state index in [1.54, 1.807) is 19.2 Å². The van der Waals surface area contributed by atoms with E-state index in [0.29, 0.717) is 5.82 Å². The lowest BCUT2D eigenvalue weighted by Gasteiger charge is -2.13. The third-order valence-electron chi connectivity index (χ3n) is 1.92. The number of pyridine rings is 1. The molecule has 0 aliphatic carbocycles. The summed E-state index contributed by atoms with van der Waals surface area (Å²) >= 11 is 0. The predicted octanol–water partition coefficient (Wildman–Crippen LogP) is 0.270. The molecule has 76 valence electrons. The fourth-order valence-corrected chi connectivity index (χ4v) is 0.992. The first kappa shape index (κ1) is 10.3. The molecular weight excluding hydrogens is 184 g/mol. The Morgan fingerprint density at radius 3 is 2.79 bits per heavy atom. The van der Waals surface area contributed by atoms with Gasteiger partial charge >= 0.3 is 5.97 Å². The van der Waals surface area contributed by atoms with Crippen molar-refractivity contribution in [1.82, 2.24) is 4.57 Å². The number of carboxylic acids is 1. The Morgan fingerprint density at radius 2 is 2.21 bits per heavy atom. The average Bonchev–Trinajstić information content (AvgIpc) is 2.12. The molecule has 0 amide bonds. The maximum atomic E-state index is 11.2. The van der Waals surface area contributed by atoms with Crippen LogP contribution in [-0.2, 0) is 11.8 Å². The van der Waals surface area contributed by atoms with Gasteiger partial charge in [-0.05, 0) is 13.0 Å². The molecule has 0 radical (unpaired) electrons. The van der Waals surface area contributed by atoms with Crippen LogP contribution in [0.2, 0.25) is 0 Å². The standard InChI is InChI=1S/C9H12N2O3/c1-6(9(13)14)10-7-4-3-5-8(12)11(7)2/h3-6,10H,1-2H3,(H,13,14)/t6-/m0/s1. The van der Waals surface area contributed by atoms with Gasteiger partial charge in [-0.1, -0.05) is 6.07 Å². The largest absolute Gasteiger partial charge is 0.480 e. The van der Waals surface area contributed by atoms with Crippen LogP contribution in [0, 0.1) is 0 Å². The van der Waals surface area contributed by atoms with Crippen LogP contribution in [0.3, 0.4) is 0 Å². The quantitative estimate of drug-likeness (QED) is 0.728. The van der Waals surface area contributed by atoms with Gasteiger partial charge in [-0.2, -0.15) is 0 Å². The van der Waals surface area contributed by atoms with Crippen molar-refractivity contribution in [2.45, 2.75) is 13.0 Å². The molecule has 0 saturated heterocycles. The van der Waals surface area contributed by atoms with Crippen LogP contribution in [0.5, 0.6) is 0 Å². The Bertz CT molecular complexity index is 397. The fourth-order valence-electron chi connectivity index (χ4n) is 0.992. The van der Waals surface area contributed by atoms with Gasteiger partial charge in [0.15, 0.2) is 0 Å². The van der Waals surface area contributed by atoms with Gasteiger partial charge < -0.3 is 10.4 Å². The molecular formula is C9H12N2O3. The van der Waals surface area contributed by atoms with E-state index in [-0.39, 0.29) is 5.56 Å². The van der Waals surface area contributed by atoms with Crippen molar-refractivity contribution in [3.63, 3.8) is 0 Å². The van der Waals surface area contributed by atoms with E-state index < -0.39 is 12.0 Å². The Hall–Kier alpha value is -1.78. The SMILES string of the molecule is C[C@H](Nc1cccc(=O)n1C)C(=O)O. The number of nitrogens with zero attached hydrogens (tertiary/aromatic N) is 1. The Morgan fingerprint density at radius 1 is 1.57 bits per heavy atom. The number of rotatable bonds is 3. The highest BCUT2D eigenvalue weighted by atomic mass is 16.4. The molecule has 2 N–H and O–H groups in total. The van der Waals surface area contributed by atoms with Gasteiger partial charge in [-0.25, -0.2) is 0 Å². The average molecular weight is 196 g/mol. The van der Waals surface area contributed by atoms with Gasteiger partial charge in [-0.3, -0.25) is 14.2 Å². The molecule has 0 aliphatic rings. The topological polar surface area (TPSA) is 71.3 Å². The van der Waals surface area contributed by atoms with Crippen molar-refractivity contribution in [2.24, 2.45) is 7.05 Å². The van der Waals surface area contributed by atoms with Gasteiger partial charge in [0, 0.05) is 13.1 Å². The van der Waals surface area contributed by atoms with Crippen LogP contribution in [0.25, 0.3) is 0 Å². The summed E-state index contributed by atoms with van der Waals surface area (Å²) in [4.78, 5) is 21.7. The fraction of sp³-hybridized carbons (Fsp3) is 0.333. The molecule has 0 bridgehead atoms. The molecule has 0 unspecified atom stereocenters. The number of nitrogens with one attached hydrogen (secondary N) is 1. The first-order valence-electron chi connectivity index (χ1n) is 4.17. The van der Waals surface area contributed by atoms with Crippen LogP contribution in [0.1, 0.15) is 6.92 Å². The predicted molar refractivity (Wildman–Crippen MR) is 52.4 cm³/mol. The minimum absolute atomic E-state index is 0.174. The van der Waals surface area contributed by atoms with Crippen molar-refractivity contribution in [1.29, 1.82) is 0 Å². The van der Waals surface area contributed by atoms with E-state index >= 15 is 0 Å². The van der Waals surface area contributed by atoms with Crippen LogP contribution >= 0.6 is 0 Å². The molecule has 5 nitrogen and oxygen atoms in total. The smallest absolute Gasteiger partial charge is 0.325 e. The summed E-state index contributed by atoms with van der Waals surface area (Å²) in [7, 11) is 1.58. The lowest BCUT2D eigenvalue weighted by molar-refractivity contribution is -0.137. The number of aliphatic carboxylic acids is 1. The minimum atomic E-state index is -0.957. The van der Waals surface area contributed by atoms with Crippen LogP contribution in [-0.4, -0.2) is 21.7 Å². The molecule has 14 heavy (non-hydrogen) atoms. The van der Waals surface area contributed by atoms with E-state index in [1.165, 1.54) is 17.6 Å². The van der Waals surface area contributed by atoms with Crippen molar-refractivity contribution in [2.75, 3.05) is 5.32 Å². The van der Waals surface area contributed by atoms with E-state index in [1.807, 2.05) is 0 Å². The second-order valence-electron chi connectivity index (χ2n) is 3.01. The Kier molecular flexibility index (Phi) is 2.91. The molecule has 1 rings (SSSR count). The van der Waals surface area contributed by atoms with Gasteiger partial charge in [0.05, 0.1) is 0 Å². The zero-order valence-corrected chi connectivity index (χ0v) is 8.02. The summed E-state index contributed by atoms with van der Waals surface area (Å²) in [6, 6.07) is 3.93. The molecule has 0 spiro atoms. The highest BCUT2D eigenvalue weighted by molar-refractivity contribution is 5.76. The first-order chi connectivity index (χ1) is 6.52. The van der Waals surface area contributed by atoms with Crippen LogP contribution in [0.15, 0.2) is 23.0 Å². The number of aromatic nitrogens is 1. The molecule has 0 saturated carbocycles. The molecule has 0 aliphatic heterocycles. The van der Waals surface area contributed by atoms with Crippen molar-refractivity contribution in [3.8, 4) is 0 Å². The summed E-state index contributed by atoms with van der Waals surface area (Å²) in [5.41, 5.74) is -0.174. The van der Waals surface area contributed by atoms with Crippen molar-refractivity contribution >= 4 is 11.8 Å². The summed E-state index contributed by atoms with van der Waals surface area (Å²) in [6.07, 6.45) is 0. The third-order valence-corrected chi connectivity index (χ3v) is 1.92. The van der Waals surface area contributed by atoms with Gasteiger partial charge in [0.25, 0.3) is 5.56 Å². The maximum absolute atomic E-state index is 11.2. The zero-order valence-electron chi connectivity index (χ0n) is 8.02. The molecule has 1 aromatic heterocycles. The number of anilines is 1. The summed E-state index contributed by atoms with van der Waals surface area (Å²) in [5.74, 6) is -0.464. The molecule has 1 aromatic rings. The van der Waals surface area contributed by atoms with Gasteiger partial charge in [0.2, 0.25) is 0 Å². The maximum Gasteiger partial charge on any atom is 0.325 e. The summed E-state index contributed by atoms with van der Waals surface area (Å²) in [5, 5.41) is 11.4. The monoisotopic (exact) mass is 196 g/mol. The molecule has 0 fully saturated rings. The van der Waals surface area contributed by atoms with Gasteiger partial charge in [0.1, 0.15) is 11.9 Å². The third kappa shape index (κ3) is 2.12. The highest BCUT2D eigenvalue weighted by Crippen LogP contribution is 2.03. The number of hydrogen-bond acceptors (Lipinski definition) is 3. The van der Waals surface area contributed by atoms with E-state index in [9.17, 15) is 9.59 Å². The van der Waals surface area contributed by atoms with Crippen molar-refractivity contribution < 1.29 is 9.90 Å². The number of hydrogen-bond donors (Lipinski definition) is 2. The zero-order chi connectivity index (χ0) is 10.7. The van der Waals surface area contributed by atoms with Crippen LogP contribution in [0.4, 0.5) is 5.82 Å². The Balaban J connectivity index is 2.92. The lowest BCUT2D eigenvalue weighted by atomic mass is 10.3. The van der Waals surface area contributed by atoms with Crippen LogP contribution < -0.4 is 10.9 Å². The normalized spacial score (nSPS) is 12.1. The van der Waals surface area contributed by atoms with Gasteiger partial charge in [-0.15, -0.1) is 0 Å².